The Morgan fingerprint density at radius 1 is 1.10 bits per heavy atom. The highest BCUT2D eigenvalue weighted by Gasteiger charge is 2.50. The maximum atomic E-state index is 13.1. The number of hydrogen-bond donors (Lipinski definition) is 0. The van der Waals surface area contributed by atoms with Gasteiger partial charge in [-0.25, -0.2) is 13.4 Å². The zero-order valence-corrected chi connectivity index (χ0v) is 16.7. The molecule has 5 nitrogen and oxygen atoms in total. The van der Waals surface area contributed by atoms with E-state index in [4.69, 9.17) is 0 Å². The number of halogens is 1. The number of fused-ring (bicyclic) bond motifs is 3. The Morgan fingerprint density at radius 2 is 1.93 bits per heavy atom. The van der Waals surface area contributed by atoms with E-state index < -0.39 is 21.0 Å². The molecule has 0 N–H and O–H groups in total. The summed E-state index contributed by atoms with van der Waals surface area (Å²) in [6.07, 6.45) is 1.47. The van der Waals surface area contributed by atoms with E-state index in [0.29, 0.717) is 24.5 Å². The van der Waals surface area contributed by atoms with Crippen LogP contribution in [0.25, 0.3) is 11.1 Å². The molecule has 0 amide bonds. The molecule has 0 radical (unpaired) electrons. The fraction of sp³-hybridized carbons (Fsp3) is 0.273. The summed E-state index contributed by atoms with van der Waals surface area (Å²) < 4.78 is 39.4. The number of aromatic nitrogens is 2. The molecule has 2 aliphatic heterocycles. The predicted octanol–water partition coefficient (Wildman–Crippen LogP) is 3.35. The number of sulfone groups is 1. The Hall–Kier alpha value is -2.64. The van der Waals surface area contributed by atoms with Crippen molar-refractivity contribution in [2.45, 2.75) is 29.5 Å². The molecule has 1 fully saturated rings. The highest BCUT2D eigenvalue weighted by molar-refractivity contribution is 7.92. The number of pyridine rings is 2. The fourth-order valence-corrected chi connectivity index (χ4v) is 6.69. The summed E-state index contributed by atoms with van der Waals surface area (Å²) in [5.74, 6) is -0.595. The molecule has 1 saturated heterocycles. The summed E-state index contributed by atoms with van der Waals surface area (Å²) in [5, 5.41) is -0.427. The molecule has 3 aromatic rings. The maximum absolute atomic E-state index is 13.1. The lowest BCUT2D eigenvalue weighted by Gasteiger charge is -2.17. The molecule has 1 aromatic carbocycles. The third-order valence-corrected chi connectivity index (χ3v) is 8.11. The van der Waals surface area contributed by atoms with Gasteiger partial charge in [0.25, 0.3) is 0 Å². The molecular formula is C22H20FN3O2S. The molecule has 0 unspecified atom stereocenters. The minimum absolute atomic E-state index is 0.0619. The van der Waals surface area contributed by atoms with Crippen LogP contribution in [0.1, 0.15) is 22.9 Å². The topological polar surface area (TPSA) is 63.2 Å². The van der Waals surface area contributed by atoms with Gasteiger partial charge in [-0.1, -0.05) is 12.1 Å². The Bertz CT molecular complexity index is 1190. The van der Waals surface area contributed by atoms with Crippen LogP contribution in [0.4, 0.5) is 4.39 Å². The first kappa shape index (κ1) is 18.4. The highest BCUT2D eigenvalue weighted by Crippen LogP contribution is 2.46. The van der Waals surface area contributed by atoms with Crippen LogP contribution in [0, 0.1) is 12.9 Å². The van der Waals surface area contributed by atoms with E-state index >= 15 is 0 Å². The summed E-state index contributed by atoms with van der Waals surface area (Å²) in [6.45, 7) is 3.78. The van der Waals surface area contributed by atoms with E-state index in [-0.39, 0.29) is 5.92 Å². The van der Waals surface area contributed by atoms with Crippen molar-refractivity contribution in [1.82, 2.24) is 14.9 Å². The zero-order valence-electron chi connectivity index (χ0n) is 15.9. The average Bonchev–Trinajstić information content (AvgIpc) is 3.20. The summed E-state index contributed by atoms with van der Waals surface area (Å²) in [5.41, 5.74) is 4.39. The Balaban J connectivity index is 1.47. The normalized spacial score (nSPS) is 22.4. The summed E-state index contributed by atoms with van der Waals surface area (Å²) >= 11 is 0. The zero-order chi connectivity index (χ0) is 20.2. The molecule has 29 heavy (non-hydrogen) atoms. The van der Waals surface area contributed by atoms with E-state index in [9.17, 15) is 12.8 Å². The van der Waals surface area contributed by atoms with Crippen LogP contribution in [-0.2, 0) is 16.4 Å². The molecule has 2 aromatic heterocycles. The number of nitrogens with zero attached hydrogens (tertiary/aromatic N) is 3. The first-order chi connectivity index (χ1) is 13.9. The van der Waals surface area contributed by atoms with Gasteiger partial charge in [-0.05, 0) is 54.4 Å². The molecule has 148 valence electrons. The minimum atomic E-state index is -3.36. The average molecular weight is 409 g/mol. The van der Waals surface area contributed by atoms with E-state index in [0.717, 1.165) is 28.1 Å². The first-order valence-corrected chi connectivity index (χ1v) is 11.1. The number of benzene rings is 1. The summed E-state index contributed by atoms with van der Waals surface area (Å²) in [4.78, 5) is 10.9. The SMILES string of the molecule is Cc1cccc(CN2C[C@H]3c4cc(-c5ccc(F)nc5)ccc4S(=O)(=O)[C@H]3C2)n1. The standard InChI is InChI=1S/C22H20FN3O2S/c1-14-3-2-4-17(25-14)11-26-12-19-18-9-15(16-6-8-22(23)24-10-16)5-7-20(18)29(27,28)21(19)13-26/h2-10,19,21H,11-13H2,1H3/t19-,21-/m0/s1. The van der Waals surface area contributed by atoms with E-state index in [1.165, 1.54) is 12.3 Å². The van der Waals surface area contributed by atoms with E-state index in [1.807, 2.05) is 31.2 Å². The molecule has 0 saturated carbocycles. The van der Waals surface area contributed by atoms with Gasteiger partial charge in [0.15, 0.2) is 9.84 Å². The van der Waals surface area contributed by atoms with Crippen molar-refractivity contribution in [1.29, 1.82) is 0 Å². The Labute approximate surface area is 169 Å². The molecule has 2 aliphatic rings. The van der Waals surface area contributed by atoms with Gasteiger partial charge in [0, 0.05) is 43.0 Å². The second-order valence-corrected chi connectivity index (χ2v) is 9.91. The molecular weight excluding hydrogens is 389 g/mol. The number of aryl methyl sites for hydroxylation is 1. The second-order valence-electron chi connectivity index (χ2n) is 7.78. The van der Waals surface area contributed by atoms with Crippen molar-refractivity contribution in [2.24, 2.45) is 0 Å². The minimum Gasteiger partial charge on any atom is -0.296 e. The first-order valence-electron chi connectivity index (χ1n) is 9.56. The van der Waals surface area contributed by atoms with Crippen LogP contribution in [0.15, 0.2) is 59.6 Å². The predicted molar refractivity (Wildman–Crippen MR) is 108 cm³/mol. The molecule has 0 bridgehead atoms. The Morgan fingerprint density at radius 3 is 2.69 bits per heavy atom. The molecule has 4 heterocycles. The van der Waals surface area contributed by atoms with E-state index in [2.05, 4.69) is 14.9 Å². The fourth-order valence-electron chi connectivity index (χ4n) is 4.50. The van der Waals surface area contributed by atoms with Gasteiger partial charge in [-0.3, -0.25) is 9.88 Å². The quantitative estimate of drug-likeness (QED) is 0.621. The number of likely N-dealkylation sites (tertiary alicyclic amines) is 1. The third kappa shape index (κ3) is 3.14. The number of hydrogen-bond acceptors (Lipinski definition) is 5. The number of rotatable bonds is 3. The lowest BCUT2D eigenvalue weighted by atomic mass is 9.95. The molecule has 7 heteroatoms. The smallest absolute Gasteiger partial charge is 0.212 e. The summed E-state index contributed by atoms with van der Waals surface area (Å²) in [7, 11) is -3.36. The van der Waals surface area contributed by atoms with Crippen LogP contribution in [0.5, 0.6) is 0 Å². The lowest BCUT2D eigenvalue weighted by molar-refractivity contribution is 0.321. The second kappa shape index (κ2) is 6.71. The van der Waals surface area contributed by atoms with Crippen molar-refractivity contribution < 1.29 is 12.8 Å². The van der Waals surface area contributed by atoms with Gasteiger partial charge in [-0.2, -0.15) is 4.39 Å². The third-order valence-electron chi connectivity index (χ3n) is 5.85. The van der Waals surface area contributed by atoms with E-state index in [1.54, 1.807) is 18.2 Å². The highest BCUT2D eigenvalue weighted by atomic mass is 32.2. The van der Waals surface area contributed by atoms with Crippen molar-refractivity contribution in [2.75, 3.05) is 13.1 Å². The van der Waals surface area contributed by atoms with Crippen molar-refractivity contribution >= 4 is 9.84 Å². The van der Waals surface area contributed by atoms with Crippen molar-refractivity contribution in [3.63, 3.8) is 0 Å². The van der Waals surface area contributed by atoms with Gasteiger partial charge in [0.2, 0.25) is 5.95 Å². The van der Waals surface area contributed by atoms with Crippen LogP contribution in [-0.4, -0.2) is 41.6 Å². The Kier molecular flexibility index (Phi) is 4.26. The van der Waals surface area contributed by atoms with Crippen LogP contribution < -0.4 is 0 Å². The monoisotopic (exact) mass is 409 g/mol. The van der Waals surface area contributed by atoms with Crippen molar-refractivity contribution in [3.8, 4) is 11.1 Å². The van der Waals surface area contributed by atoms with Gasteiger partial charge in [0.05, 0.1) is 15.8 Å². The molecule has 2 atom stereocenters. The largest absolute Gasteiger partial charge is 0.296 e. The van der Waals surface area contributed by atoms with Crippen LogP contribution >= 0.6 is 0 Å². The van der Waals surface area contributed by atoms with Crippen LogP contribution in [0.3, 0.4) is 0 Å². The van der Waals surface area contributed by atoms with Crippen LogP contribution in [0.2, 0.25) is 0 Å². The molecule has 0 aliphatic carbocycles. The van der Waals surface area contributed by atoms with Crippen molar-refractivity contribution in [3.05, 3.63) is 77.6 Å². The van der Waals surface area contributed by atoms with Gasteiger partial charge in [0.1, 0.15) is 0 Å². The lowest BCUT2D eigenvalue weighted by Crippen LogP contribution is -2.26. The van der Waals surface area contributed by atoms with Gasteiger partial charge >= 0.3 is 0 Å². The van der Waals surface area contributed by atoms with Gasteiger partial charge in [-0.15, -0.1) is 0 Å². The van der Waals surface area contributed by atoms with Gasteiger partial charge < -0.3 is 0 Å². The summed E-state index contributed by atoms with van der Waals surface area (Å²) in [6, 6.07) is 14.3. The molecule has 0 spiro atoms. The molecule has 5 rings (SSSR count). The maximum Gasteiger partial charge on any atom is 0.212 e.